The Balaban J connectivity index is 1.28. The van der Waals surface area contributed by atoms with Crippen molar-refractivity contribution >= 4 is 5.96 Å². The number of nitrogens with one attached hydrogen (secondary N) is 2. The summed E-state index contributed by atoms with van der Waals surface area (Å²) < 4.78 is 11.6. The van der Waals surface area contributed by atoms with Gasteiger partial charge in [-0.05, 0) is 57.2 Å². The Morgan fingerprint density at radius 1 is 1.22 bits per heavy atom. The van der Waals surface area contributed by atoms with Crippen molar-refractivity contribution in [1.29, 1.82) is 0 Å². The molecule has 0 aliphatic carbocycles. The van der Waals surface area contributed by atoms with Crippen molar-refractivity contribution in [3.8, 4) is 0 Å². The number of oxazole rings is 1. The zero-order valence-electron chi connectivity index (χ0n) is 20.1. The summed E-state index contributed by atoms with van der Waals surface area (Å²) in [5, 5.41) is 6.93. The summed E-state index contributed by atoms with van der Waals surface area (Å²) in [5.74, 6) is 3.69. The lowest BCUT2D eigenvalue weighted by Crippen LogP contribution is -2.44. The lowest BCUT2D eigenvalue weighted by atomic mass is 9.97. The van der Waals surface area contributed by atoms with Crippen molar-refractivity contribution in [2.24, 2.45) is 16.8 Å². The van der Waals surface area contributed by atoms with Crippen LogP contribution < -0.4 is 10.6 Å². The van der Waals surface area contributed by atoms with Crippen molar-refractivity contribution in [1.82, 2.24) is 20.5 Å². The highest BCUT2D eigenvalue weighted by Crippen LogP contribution is 2.19. The predicted octanol–water partition coefficient (Wildman–Crippen LogP) is 3.52. The third kappa shape index (κ3) is 7.95. The molecule has 0 amide bonds. The maximum atomic E-state index is 5.85. The molecule has 176 valence electrons. The SMILES string of the molecule is CN=C(NCC(C)COCc1ccccc1)NCC1CCN(Cc2nc(C)c(C)o2)CC1. The molecule has 1 fully saturated rings. The summed E-state index contributed by atoms with van der Waals surface area (Å²) in [4.78, 5) is 11.3. The van der Waals surface area contributed by atoms with E-state index in [9.17, 15) is 0 Å². The van der Waals surface area contributed by atoms with Gasteiger partial charge in [0.05, 0.1) is 25.5 Å². The van der Waals surface area contributed by atoms with Gasteiger partial charge in [0.2, 0.25) is 5.89 Å². The van der Waals surface area contributed by atoms with Gasteiger partial charge in [-0.25, -0.2) is 4.98 Å². The van der Waals surface area contributed by atoms with E-state index in [2.05, 4.69) is 44.6 Å². The molecule has 1 saturated heterocycles. The fraction of sp³-hybridized carbons (Fsp3) is 0.600. The van der Waals surface area contributed by atoms with E-state index >= 15 is 0 Å². The molecule has 32 heavy (non-hydrogen) atoms. The van der Waals surface area contributed by atoms with Crippen LogP contribution in [0.15, 0.2) is 39.7 Å². The van der Waals surface area contributed by atoms with Crippen LogP contribution in [0.5, 0.6) is 0 Å². The van der Waals surface area contributed by atoms with Crippen molar-refractivity contribution in [2.75, 3.05) is 39.8 Å². The number of hydrogen-bond acceptors (Lipinski definition) is 5. The van der Waals surface area contributed by atoms with Gasteiger partial charge in [0, 0.05) is 20.1 Å². The monoisotopic (exact) mass is 441 g/mol. The van der Waals surface area contributed by atoms with Crippen LogP contribution in [-0.2, 0) is 17.9 Å². The Morgan fingerprint density at radius 3 is 2.62 bits per heavy atom. The highest BCUT2D eigenvalue weighted by Gasteiger charge is 2.21. The Kier molecular flexibility index (Phi) is 9.56. The first-order chi connectivity index (χ1) is 15.5. The fourth-order valence-corrected chi connectivity index (χ4v) is 3.89. The molecule has 1 atom stereocenters. The molecule has 1 aliphatic heterocycles. The molecule has 0 spiro atoms. The number of likely N-dealkylation sites (tertiary alicyclic amines) is 1. The summed E-state index contributed by atoms with van der Waals surface area (Å²) in [6.45, 7) is 12.3. The second kappa shape index (κ2) is 12.6. The zero-order valence-corrected chi connectivity index (χ0v) is 20.1. The summed E-state index contributed by atoms with van der Waals surface area (Å²) in [5.41, 5.74) is 2.21. The number of aliphatic imine (C=N–C) groups is 1. The molecule has 2 aromatic rings. The maximum absolute atomic E-state index is 5.85. The first-order valence-corrected chi connectivity index (χ1v) is 11.7. The van der Waals surface area contributed by atoms with E-state index in [1.54, 1.807) is 0 Å². The third-order valence-electron chi connectivity index (χ3n) is 6.05. The minimum absolute atomic E-state index is 0.406. The first-order valence-electron chi connectivity index (χ1n) is 11.7. The van der Waals surface area contributed by atoms with E-state index < -0.39 is 0 Å². The number of ether oxygens (including phenoxy) is 1. The maximum Gasteiger partial charge on any atom is 0.208 e. The van der Waals surface area contributed by atoms with E-state index in [0.717, 1.165) is 62.6 Å². The molecule has 0 radical (unpaired) electrons. The second-order valence-electron chi connectivity index (χ2n) is 8.91. The van der Waals surface area contributed by atoms with Crippen LogP contribution in [0.25, 0.3) is 0 Å². The number of aromatic nitrogens is 1. The molecule has 1 aromatic heterocycles. The van der Waals surface area contributed by atoms with Crippen LogP contribution >= 0.6 is 0 Å². The second-order valence-corrected chi connectivity index (χ2v) is 8.91. The highest BCUT2D eigenvalue weighted by atomic mass is 16.5. The molecule has 0 saturated carbocycles. The highest BCUT2D eigenvalue weighted by molar-refractivity contribution is 5.79. The van der Waals surface area contributed by atoms with Gasteiger partial charge in [0.15, 0.2) is 5.96 Å². The summed E-state index contributed by atoms with van der Waals surface area (Å²) in [6.07, 6.45) is 2.35. The normalized spacial score (nSPS) is 16.8. The molecular weight excluding hydrogens is 402 g/mol. The predicted molar refractivity (Wildman–Crippen MR) is 129 cm³/mol. The first kappa shape index (κ1) is 24.3. The van der Waals surface area contributed by atoms with Gasteiger partial charge >= 0.3 is 0 Å². The summed E-state index contributed by atoms with van der Waals surface area (Å²) >= 11 is 0. The Labute approximate surface area is 192 Å². The minimum Gasteiger partial charge on any atom is -0.444 e. The van der Waals surface area contributed by atoms with E-state index in [0.29, 0.717) is 18.4 Å². The number of benzene rings is 1. The van der Waals surface area contributed by atoms with Crippen LogP contribution in [0.1, 0.15) is 42.7 Å². The standard InChI is InChI=1S/C25H39N5O2/c1-19(17-31-18-23-8-6-5-7-9-23)14-27-25(26-4)28-15-22-10-12-30(13-11-22)16-24-29-20(2)21(3)32-24/h5-9,19,22H,10-18H2,1-4H3,(H2,26,27,28). The molecule has 7 heteroatoms. The van der Waals surface area contributed by atoms with Crippen LogP contribution in [-0.4, -0.2) is 55.7 Å². The lowest BCUT2D eigenvalue weighted by molar-refractivity contribution is 0.0931. The van der Waals surface area contributed by atoms with Gasteiger partial charge in [-0.1, -0.05) is 37.3 Å². The van der Waals surface area contributed by atoms with E-state index in [1.807, 2.05) is 39.1 Å². The van der Waals surface area contributed by atoms with Gasteiger partial charge in [-0.2, -0.15) is 0 Å². The largest absolute Gasteiger partial charge is 0.444 e. The van der Waals surface area contributed by atoms with Crippen molar-refractivity contribution in [3.63, 3.8) is 0 Å². The molecule has 1 aromatic carbocycles. The molecule has 1 aliphatic rings. The topological polar surface area (TPSA) is 74.9 Å². The van der Waals surface area contributed by atoms with Gasteiger partial charge < -0.3 is 19.8 Å². The lowest BCUT2D eigenvalue weighted by Gasteiger charge is -2.31. The van der Waals surface area contributed by atoms with Crippen LogP contribution in [0.2, 0.25) is 0 Å². The number of aryl methyl sites for hydroxylation is 2. The summed E-state index contributed by atoms with van der Waals surface area (Å²) in [7, 11) is 1.83. The Hall–Kier alpha value is -2.38. The van der Waals surface area contributed by atoms with Crippen molar-refractivity contribution < 1.29 is 9.15 Å². The molecular formula is C25H39N5O2. The molecule has 3 rings (SSSR count). The Morgan fingerprint density at radius 2 is 1.97 bits per heavy atom. The molecule has 2 heterocycles. The van der Waals surface area contributed by atoms with E-state index in [1.165, 1.54) is 18.4 Å². The summed E-state index contributed by atoms with van der Waals surface area (Å²) in [6, 6.07) is 10.3. The number of hydrogen-bond donors (Lipinski definition) is 2. The number of nitrogens with zero attached hydrogens (tertiary/aromatic N) is 3. The van der Waals surface area contributed by atoms with E-state index in [4.69, 9.17) is 9.15 Å². The van der Waals surface area contributed by atoms with Crippen LogP contribution in [0.4, 0.5) is 0 Å². The smallest absolute Gasteiger partial charge is 0.208 e. The quantitative estimate of drug-likeness (QED) is 0.434. The minimum atomic E-state index is 0.406. The fourth-order valence-electron chi connectivity index (χ4n) is 3.89. The zero-order chi connectivity index (χ0) is 22.8. The third-order valence-corrected chi connectivity index (χ3v) is 6.05. The Bertz CT molecular complexity index is 809. The average molecular weight is 442 g/mol. The van der Waals surface area contributed by atoms with Gasteiger partial charge in [0.25, 0.3) is 0 Å². The molecule has 7 nitrogen and oxygen atoms in total. The van der Waals surface area contributed by atoms with Crippen molar-refractivity contribution in [3.05, 3.63) is 53.2 Å². The van der Waals surface area contributed by atoms with Crippen LogP contribution in [0, 0.1) is 25.7 Å². The van der Waals surface area contributed by atoms with Gasteiger partial charge in [-0.3, -0.25) is 9.89 Å². The molecule has 1 unspecified atom stereocenters. The van der Waals surface area contributed by atoms with Gasteiger partial charge in [-0.15, -0.1) is 0 Å². The molecule has 2 N–H and O–H groups in total. The van der Waals surface area contributed by atoms with Crippen LogP contribution in [0.3, 0.4) is 0 Å². The average Bonchev–Trinajstić information content (AvgIpc) is 3.12. The number of piperidine rings is 1. The molecule has 0 bridgehead atoms. The number of rotatable bonds is 10. The number of guanidine groups is 1. The van der Waals surface area contributed by atoms with Gasteiger partial charge in [0.1, 0.15) is 5.76 Å². The van der Waals surface area contributed by atoms with E-state index in [-0.39, 0.29) is 0 Å². The van der Waals surface area contributed by atoms with Crippen molar-refractivity contribution in [2.45, 2.75) is 46.8 Å².